The maximum atomic E-state index is 12.3. The van der Waals surface area contributed by atoms with Crippen molar-refractivity contribution in [3.63, 3.8) is 0 Å². The van der Waals surface area contributed by atoms with Crippen molar-refractivity contribution in [2.75, 3.05) is 0 Å². The summed E-state index contributed by atoms with van der Waals surface area (Å²) in [6.07, 6.45) is 0. The van der Waals surface area contributed by atoms with E-state index in [1.807, 2.05) is 42.5 Å². The highest BCUT2D eigenvalue weighted by Crippen LogP contribution is 2.43. The van der Waals surface area contributed by atoms with Gasteiger partial charge in [-0.3, -0.25) is 4.79 Å². The van der Waals surface area contributed by atoms with E-state index < -0.39 is 0 Å². The van der Waals surface area contributed by atoms with Gasteiger partial charge >= 0.3 is 0 Å². The number of Topliss-reactive ketones (excluding diaryl/α,β-unsaturated/α-hetero) is 1. The molecule has 1 heterocycles. The molecule has 1 atom stereocenters. The molecule has 0 spiro atoms. The van der Waals surface area contributed by atoms with Gasteiger partial charge in [-0.25, -0.2) is 0 Å². The third kappa shape index (κ3) is 1.83. The number of halogens is 1. The van der Waals surface area contributed by atoms with Crippen LogP contribution in [0.25, 0.3) is 0 Å². The average Bonchev–Trinajstić information content (AvgIpc) is 2.48. The van der Waals surface area contributed by atoms with Crippen LogP contribution in [0, 0.1) is 0 Å². The first kappa shape index (κ1) is 11.1. The Morgan fingerprint density at radius 1 is 0.941 bits per heavy atom. The molecule has 1 aliphatic heterocycles. The molecule has 1 nitrogen and oxygen atoms in total. The zero-order chi connectivity index (χ0) is 11.8. The first-order valence-electron chi connectivity index (χ1n) is 5.31. The lowest BCUT2D eigenvalue weighted by Crippen LogP contribution is -2.06. The molecule has 2 aromatic rings. The van der Waals surface area contributed by atoms with Gasteiger partial charge in [0.1, 0.15) is 4.83 Å². The van der Waals surface area contributed by atoms with Gasteiger partial charge in [-0.2, -0.15) is 0 Å². The number of rotatable bonds is 0. The Hall–Kier alpha value is -1.06. The molecular weight excluding hydrogens is 296 g/mol. The Bertz CT molecular complexity index is 594. The monoisotopic (exact) mass is 304 g/mol. The minimum atomic E-state index is -0.241. The van der Waals surface area contributed by atoms with Gasteiger partial charge in [0.25, 0.3) is 0 Å². The molecule has 0 radical (unpaired) electrons. The molecule has 0 fully saturated rings. The number of alkyl halides is 1. The lowest BCUT2D eigenvalue weighted by molar-refractivity contribution is 0.0988. The predicted octanol–water partition coefficient (Wildman–Crippen LogP) is 4.47. The molecule has 17 heavy (non-hydrogen) atoms. The molecule has 0 aliphatic carbocycles. The van der Waals surface area contributed by atoms with Gasteiger partial charge in [0.05, 0.1) is 0 Å². The zero-order valence-electron chi connectivity index (χ0n) is 8.89. The number of ketones is 1. The molecule has 84 valence electrons. The Kier molecular flexibility index (Phi) is 2.81. The standard InChI is InChI=1S/C14H9BrOS/c15-13-9-5-1-3-7-11(9)17-12-8-4-2-6-10(12)14(13)16/h1-8,13H/t13-/m1/s1. The highest BCUT2D eigenvalue weighted by Gasteiger charge is 2.27. The Morgan fingerprint density at radius 3 is 2.41 bits per heavy atom. The second kappa shape index (κ2) is 4.31. The first-order chi connectivity index (χ1) is 8.27. The summed E-state index contributed by atoms with van der Waals surface area (Å²) in [5.74, 6) is 0.137. The Labute approximate surface area is 112 Å². The Balaban J connectivity index is 2.24. The van der Waals surface area contributed by atoms with Gasteiger partial charge in [-0.1, -0.05) is 64.1 Å². The fourth-order valence-electron chi connectivity index (χ4n) is 1.94. The van der Waals surface area contributed by atoms with Gasteiger partial charge < -0.3 is 0 Å². The van der Waals surface area contributed by atoms with Crippen molar-refractivity contribution in [3.8, 4) is 0 Å². The molecule has 0 N–H and O–H groups in total. The predicted molar refractivity (Wildman–Crippen MR) is 73.0 cm³/mol. The van der Waals surface area contributed by atoms with Crippen LogP contribution in [0.1, 0.15) is 20.7 Å². The molecule has 0 aromatic heterocycles. The van der Waals surface area contributed by atoms with E-state index in [-0.39, 0.29) is 10.6 Å². The number of benzene rings is 2. The second-order valence-electron chi connectivity index (χ2n) is 3.86. The van der Waals surface area contributed by atoms with Crippen LogP contribution in [0.5, 0.6) is 0 Å². The van der Waals surface area contributed by atoms with Crippen LogP contribution in [-0.2, 0) is 0 Å². The molecule has 3 rings (SSSR count). The normalized spacial score (nSPS) is 18.2. The number of hydrogen-bond donors (Lipinski definition) is 0. The van der Waals surface area contributed by atoms with Crippen LogP contribution >= 0.6 is 27.7 Å². The summed E-state index contributed by atoms with van der Waals surface area (Å²) >= 11 is 5.17. The topological polar surface area (TPSA) is 17.1 Å². The summed E-state index contributed by atoms with van der Waals surface area (Å²) in [6.45, 7) is 0. The number of fused-ring (bicyclic) bond motifs is 2. The molecule has 0 unspecified atom stereocenters. The average molecular weight is 305 g/mol. The molecule has 1 aliphatic rings. The minimum Gasteiger partial charge on any atom is -0.292 e. The molecule has 0 saturated heterocycles. The third-order valence-electron chi connectivity index (χ3n) is 2.79. The van der Waals surface area contributed by atoms with Crippen molar-refractivity contribution in [1.29, 1.82) is 0 Å². The fraction of sp³-hybridized carbons (Fsp3) is 0.0714. The van der Waals surface area contributed by atoms with Gasteiger partial charge in [-0.05, 0) is 17.7 Å². The van der Waals surface area contributed by atoms with Crippen LogP contribution in [0.4, 0.5) is 0 Å². The second-order valence-corrected chi connectivity index (χ2v) is 5.86. The maximum Gasteiger partial charge on any atom is 0.182 e. The van der Waals surface area contributed by atoms with Crippen LogP contribution in [-0.4, -0.2) is 5.78 Å². The van der Waals surface area contributed by atoms with Crippen LogP contribution < -0.4 is 0 Å². The third-order valence-corrected chi connectivity index (χ3v) is 4.87. The van der Waals surface area contributed by atoms with Crippen molar-refractivity contribution in [2.24, 2.45) is 0 Å². The van der Waals surface area contributed by atoms with E-state index >= 15 is 0 Å². The SMILES string of the molecule is O=C1c2ccccc2Sc2ccccc2[C@H]1Br. The summed E-state index contributed by atoms with van der Waals surface area (Å²) in [5, 5.41) is 0. The lowest BCUT2D eigenvalue weighted by atomic mass is 10.0. The fourth-order valence-corrected chi connectivity index (χ4v) is 3.85. The number of carbonyl (C=O) groups excluding carboxylic acids is 1. The van der Waals surface area contributed by atoms with E-state index in [1.54, 1.807) is 11.8 Å². The molecule has 2 aromatic carbocycles. The molecule has 0 amide bonds. The number of carbonyl (C=O) groups is 1. The minimum absolute atomic E-state index is 0.137. The zero-order valence-corrected chi connectivity index (χ0v) is 11.3. The van der Waals surface area contributed by atoms with E-state index in [4.69, 9.17) is 0 Å². The van der Waals surface area contributed by atoms with E-state index in [9.17, 15) is 4.79 Å². The van der Waals surface area contributed by atoms with E-state index in [0.717, 1.165) is 20.9 Å². The van der Waals surface area contributed by atoms with E-state index in [1.165, 1.54) is 0 Å². The van der Waals surface area contributed by atoms with Gasteiger partial charge in [0.15, 0.2) is 5.78 Å². The largest absolute Gasteiger partial charge is 0.292 e. The van der Waals surface area contributed by atoms with Crippen molar-refractivity contribution in [2.45, 2.75) is 14.6 Å². The summed E-state index contributed by atoms with van der Waals surface area (Å²) in [7, 11) is 0. The molecular formula is C14H9BrOS. The van der Waals surface area contributed by atoms with Gasteiger partial charge in [-0.15, -0.1) is 0 Å². The van der Waals surface area contributed by atoms with Crippen molar-refractivity contribution in [1.82, 2.24) is 0 Å². The Morgan fingerprint density at radius 2 is 1.59 bits per heavy atom. The highest BCUT2D eigenvalue weighted by molar-refractivity contribution is 9.09. The van der Waals surface area contributed by atoms with Gasteiger partial charge in [0.2, 0.25) is 0 Å². The summed E-state index contributed by atoms with van der Waals surface area (Å²) in [6, 6.07) is 15.8. The molecule has 0 bridgehead atoms. The first-order valence-corrected chi connectivity index (χ1v) is 7.04. The van der Waals surface area contributed by atoms with Crippen molar-refractivity contribution in [3.05, 3.63) is 59.7 Å². The van der Waals surface area contributed by atoms with Crippen molar-refractivity contribution >= 4 is 33.5 Å². The van der Waals surface area contributed by atoms with Gasteiger partial charge in [0, 0.05) is 15.4 Å². The quantitative estimate of drug-likeness (QED) is 0.668. The molecule has 0 saturated carbocycles. The lowest BCUT2D eigenvalue weighted by Gasteiger charge is -2.08. The summed E-state index contributed by atoms with van der Waals surface area (Å²) < 4.78 is 0. The van der Waals surface area contributed by atoms with E-state index in [2.05, 4.69) is 22.0 Å². The smallest absolute Gasteiger partial charge is 0.182 e. The number of hydrogen-bond acceptors (Lipinski definition) is 2. The van der Waals surface area contributed by atoms with Crippen molar-refractivity contribution < 1.29 is 4.79 Å². The maximum absolute atomic E-state index is 12.3. The van der Waals surface area contributed by atoms with E-state index in [0.29, 0.717) is 0 Å². The molecule has 3 heteroatoms. The van der Waals surface area contributed by atoms with Crippen LogP contribution in [0.3, 0.4) is 0 Å². The highest BCUT2D eigenvalue weighted by atomic mass is 79.9. The summed E-state index contributed by atoms with van der Waals surface area (Å²) in [5.41, 5.74) is 1.86. The van der Waals surface area contributed by atoms with Crippen LogP contribution in [0.2, 0.25) is 0 Å². The summed E-state index contributed by atoms with van der Waals surface area (Å²) in [4.78, 5) is 14.3. The van der Waals surface area contributed by atoms with Crippen LogP contribution in [0.15, 0.2) is 58.3 Å².